The van der Waals surface area contributed by atoms with Gasteiger partial charge in [0.1, 0.15) is 11.4 Å². The quantitative estimate of drug-likeness (QED) is 0.836. The number of ether oxygens (including phenoxy) is 1. The van der Waals surface area contributed by atoms with Crippen molar-refractivity contribution in [3.8, 4) is 0 Å². The second-order valence-electron chi connectivity index (χ2n) is 5.08. The Kier molecular flexibility index (Phi) is 4.11. The van der Waals surface area contributed by atoms with E-state index in [2.05, 4.69) is 15.3 Å². The summed E-state index contributed by atoms with van der Waals surface area (Å²) in [6.07, 6.45) is -0.488. The summed E-state index contributed by atoms with van der Waals surface area (Å²) < 4.78 is 5.11. The average molecular weight is 252 g/mol. The average Bonchev–Trinajstić information content (AvgIpc) is 2.20. The third-order valence-electron chi connectivity index (χ3n) is 2.16. The molecule has 0 aliphatic carbocycles. The highest BCUT2D eigenvalue weighted by molar-refractivity contribution is 5.67. The van der Waals surface area contributed by atoms with E-state index < -0.39 is 11.7 Å². The molecule has 1 aromatic rings. The maximum absolute atomic E-state index is 11.5. The van der Waals surface area contributed by atoms with Gasteiger partial charge in [0.25, 0.3) is 0 Å². The van der Waals surface area contributed by atoms with Gasteiger partial charge in [0.05, 0.1) is 23.6 Å². The van der Waals surface area contributed by atoms with Crippen molar-refractivity contribution in [2.45, 2.75) is 46.8 Å². The van der Waals surface area contributed by atoms with Crippen molar-refractivity contribution in [3.63, 3.8) is 0 Å². The minimum Gasteiger partial charge on any atom is -0.444 e. The molecule has 0 aromatic carbocycles. The molecule has 0 aliphatic heterocycles. The van der Waals surface area contributed by atoms with E-state index in [0.717, 1.165) is 0 Å². The van der Waals surface area contributed by atoms with Gasteiger partial charge in [-0.05, 0) is 34.6 Å². The molecule has 18 heavy (non-hydrogen) atoms. The number of nitrogen functional groups attached to an aromatic ring is 1. The first kappa shape index (κ1) is 14.2. The molecule has 1 aromatic heterocycles. The molecule has 0 saturated heterocycles. The number of nitrogens with one attached hydrogen (secondary N) is 1. The summed E-state index contributed by atoms with van der Waals surface area (Å²) in [5.74, 6) is 0.519. The topological polar surface area (TPSA) is 90.1 Å². The number of aryl methyl sites for hydroxylation is 2. The summed E-state index contributed by atoms with van der Waals surface area (Å²) in [7, 11) is 0. The zero-order chi connectivity index (χ0) is 13.9. The van der Waals surface area contributed by atoms with Gasteiger partial charge in [0, 0.05) is 0 Å². The number of alkyl carbamates (subject to hydrolysis) is 1. The number of rotatable bonds is 2. The number of nitrogens with two attached hydrogens (primary N) is 1. The van der Waals surface area contributed by atoms with Gasteiger partial charge in [0.2, 0.25) is 0 Å². The van der Waals surface area contributed by atoms with Crippen LogP contribution in [0.25, 0.3) is 0 Å². The third kappa shape index (κ3) is 4.20. The summed E-state index contributed by atoms with van der Waals surface area (Å²) >= 11 is 0. The molecule has 0 aliphatic rings. The molecular weight excluding hydrogens is 232 g/mol. The van der Waals surface area contributed by atoms with Gasteiger partial charge < -0.3 is 15.8 Å². The Hall–Kier alpha value is -1.85. The lowest BCUT2D eigenvalue weighted by Gasteiger charge is -2.19. The Labute approximate surface area is 107 Å². The summed E-state index contributed by atoms with van der Waals surface area (Å²) in [5.41, 5.74) is 7.24. The van der Waals surface area contributed by atoms with Crippen LogP contribution in [0.15, 0.2) is 0 Å². The highest BCUT2D eigenvalue weighted by Crippen LogP contribution is 2.11. The van der Waals surface area contributed by atoms with Gasteiger partial charge in [-0.2, -0.15) is 0 Å². The fraction of sp³-hybridized carbons (Fsp3) is 0.583. The Bertz CT molecular complexity index is 429. The van der Waals surface area contributed by atoms with Gasteiger partial charge in [0.15, 0.2) is 0 Å². The molecule has 6 nitrogen and oxygen atoms in total. The Morgan fingerprint density at radius 1 is 1.28 bits per heavy atom. The number of carbonyl (C=O) groups is 1. The van der Waals surface area contributed by atoms with Crippen molar-refractivity contribution in [1.82, 2.24) is 15.3 Å². The van der Waals surface area contributed by atoms with E-state index >= 15 is 0 Å². The third-order valence-corrected chi connectivity index (χ3v) is 2.16. The Morgan fingerprint density at radius 2 is 1.78 bits per heavy atom. The van der Waals surface area contributed by atoms with Crippen LogP contribution < -0.4 is 11.1 Å². The number of aromatic nitrogens is 2. The lowest BCUT2D eigenvalue weighted by atomic mass is 10.2. The summed E-state index contributed by atoms with van der Waals surface area (Å²) in [6, 6.07) is 0. The van der Waals surface area contributed by atoms with Crippen LogP contribution in [0.4, 0.5) is 10.5 Å². The lowest BCUT2D eigenvalue weighted by molar-refractivity contribution is 0.0522. The van der Waals surface area contributed by atoms with Crippen LogP contribution in [0.3, 0.4) is 0 Å². The van der Waals surface area contributed by atoms with Crippen LogP contribution in [0.1, 0.15) is 38.0 Å². The van der Waals surface area contributed by atoms with E-state index in [1.165, 1.54) is 0 Å². The minimum atomic E-state index is -0.516. The molecule has 0 fully saturated rings. The van der Waals surface area contributed by atoms with Gasteiger partial charge >= 0.3 is 6.09 Å². The molecule has 1 rings (SSSR count). The van der Waals surface area contributed by atoms with Crippen molar-refractivity contribution < 1.29 is 9.53 Å². The van der Waals surface area contributed by atoms with Gasteiger partial charge in [-0.15, -0.1) is 0 Å². The Morgan fingerprint density at radius 3 is 2.22 bits per heavy atom. The van der Waals surface area contributed by atoms with Crippen molar-refractivity contribution in [2.75, 3.05) is 5.73 Å². The van der Waals surface area contributed by atoms with Crippen molar-refractivity contribution in [2.24, 2.45) is 0 Å². The van der Waals surface area contributed by atoms with Crippen LogP contribution in [0.5, 0.6) is 0 Å². The highest BCUT2D eigenvalue weighted by Gasteiger charge is 2.16. The predicted molar refractivity (Wildman–Crippen MR) is 69.0 cm³/mol. The maximum Gasteiger partial charge on any atom is 0.408 e. The van der Waals surface area contributed by atoms with Crippen LogP contribution in [-0.2, 0) is 11.3 Å². The maximum atomic E-state index is 11.5. The van der Waals surface area contributed by atoms with Gasteiger partial charge in [-0.3, -0.25) is 0 Å². The lowest BCUT2D eigenvalue weighted by Crippen LogP contribution is -2.32. The van der Waals surface area contributed by atoms with E-state index in [1.54, 1.807) is 34.6 Å². The minimum absolute atomic E-state index is 0.219. The molecular formula is C12H20N4O2. The van der Waals surface area contributed by atoms with E-state index in [-0.39, 0.29) is 6.54 Å². The SMILES string of the molecule is Cc1nc(CNC(=O)OC(C)(C)C)nc(C)c1N. The molecule has 1 amide bonds. The molecule has 100 valence electrons. The van der Waals surface area contributed by atoms with Gasteiger partial charge in [-0.25, -0.2) is 14.8 Å². The largest absolute Gasteiger partial charge is 0.444 e. The van der Waals surface area contributed by atoms with Crippen molar-refractivity contribution in [1.29, 1.82) is 0 Å². The highest BCUT2D eigenvalue weighted by atomic mass is 16.6. The number of anilines is 1. The monoisotopic (exact) mass is 252 g/mol. The smallest absolute Gasteiger partial charge is 0.408 e. The number of hydrogen-bond donors (Lipinski definition) is 2. The molecule has 0 atom stereocenters. The first-order chi connectivity index (χ1) is 8.19. The molecule has 0 unspecified atom stereocenters. The van der Waals surface area contributed by atoms with Crippen LogP contribution in [-0.4, -0.2) is 21.7 Å². The zero-order valence-electron chi connectivity index (χ0n) is 11.5. The predicted octanol–water partition coefficient (Wildman–Crippen LogP) is 1.70. The molecule has 0 radical (unpaired) electrons. The first-order valence-electron chi connectivity index (χ1n) is 5.75. The van der Waals surface area contributed by atoms with E-state index in [1.807, 2.05) is 0 Å². The normalized spacial score (nSPS) is 11.2. The molecule has 0 spiro atoms. The van der Waals surface area contributed by atoms with Crippen LogP contribution in [0.2, 0.25) is 0 Å². The fourth-order valence-electron chi connectivity index (χ4n) is 1.34. The summed E-state index contributed by atoms with van der Waals surface area (Å²) in [6.45, 7) is 9.25. The second-order valence-corrected chi connectivity index (χ2v) is 5.08. The van der Waals surface area contributed by atoms with Crippen molar-refractivity contribution in [3.05, 3.63) is 17.2 Å². The van der Waals surface area contributed by atoms with Gasteiger partial charge in [-0.1, -0.05) is 0 Å². The first-order valence-corrected chi connectivity index (χ1v) is 5.75. The van der Waals surface area contributed by atoms with Crippen LogP contribution in [0, 0.1) is 13.8 Å². The Balaban J connectivity index is 2.62. The fourth-order valence-corrected chi connectivity index (χ4v) is 1.34. The van der Waals surface area contributed by atoms with E-state index in [9.17, 15) is 4.79 Å². The summed E-state index contributed by atoms with van der Waals surface area (Å²) in [4.78, 5) is 19.8. The van der Waals surface area contributed by atoms with E-state index in [0.29, 0.717) is 22.9 Å². The number of amides is 1. The molecule has 0 bridgehead atoms. The molecule has 0 saturated carbocycles. The number of nitrogens with zero attached hydrogens (tertiary/aromatic N) is 2. The molecule has 6 heteroatoms. The summed E-state index contributed by atoms with van der Waals surface area (Å²) in [5, 5.41) is 2.60. The van der Waals surface area contributed by atoms with E-state index in [4.69, 9.17) is 10.5 Å². The second kappa shape index (κ2) is 5.20. The molecule has 3 N–H and O–H groups in total. The molecule has 1 heterocycles. The van der Waals surface area contributed by atoms with Crippen LogP contribution >= 0.6 is 0 Å². The number of hydrogen-bond acceptors (Lipinski definition) is 5. The van der Waals surface area contributed by atoms with Crippen molar-refractivity contribution >= 4 is 11.8 Å². The zero-order valence-corrected chi connectivity index (χ0v) is 11.5. The standard InChI is InChI=1S/C12H20N4O2/c1-7-10(13)8(2)16-9(15-7)6-14-11(17)18-12(3,4)5/h6,13H2,1-5H3,(H,14,17). The number of carbonyl (C=O) groups excluding carboxylic acids is 1.